The van der Waals surface area contributed by atoms with Crippen LogP contribution in [0.25, 0.3) is 22.2 Å². The van der Waals surface area contributed by atoms with E-state index in [0.29, 0.717) is 145 Å². The van der Waals surface area contributed by atoms with Gasteiger partial charge in [0.25, 0.3) is 23.1 Å². The van der Waals surface area contributed by atoms with Crippen LogP contribution in [-0.4, -0.2) is 191 Å². The maximum absolute atomic E-state index is 13.3. The van der Waals surface area contributed by atoms with Crippen LogP contribution in [0, 0.1) is 20.2 Å². The lowest BCUT2D eigenvalue weighted by molar-refractivity contribution is -0.393. The number of hydrogen-bond acceptors (Lipinski definition) is 21. The van der Waals surface area contributed by atoms with Crippen LogP contribution < -0.4 is 20.7 Å². The maximum atomic E-state index is 13.3. The molecule has 3 aromatic heterocycles. The normalized spacial score (nSPS) is 12.6. The van der Waals surface area contributed by atoms with Gasteiger partial charge in [-0.2, -0.15) is 0 Å². The highest BCUT2D eigenvalue weighted by molar-refractivity contribution is 6.45. The van der Waals surface area contributed by atoms with Gasteiger partial charge in [0.2, 0.25) is 5.91 Å². The molecular formula is C47H62N10O17. The molecule has 27 heteroatoms. The second kappa shape index (κ2) is 30.9. The molecule has 2 aromatic carbocycles. The van der Waals surface area contributed by atoms with E-state index < -0.39 is 21.5 Å². The number of hydrogen-bond donors (Lipinski definition) is 4. The molecule has 6 rings (SSSR count). The fraction of sp³-hybridized carbons (Fsp3) is 0.511. The zero-order chi connectivity index (χ0) is 52.3. The van der Waals surface area contributed by atoms with Crippen LogP contribution in [0.2, 0.25) is 0 Å². The molecule has 5 aromatic rings. The summed E-state index contributed by atoms with van der Waals surface area (Å²) >= 11 is 0. The number of ketones is 1. The number of carbonyl (C=O) groups excluding carboxylic acids is 3. The molecule has 4 N–H and O–H groups in total. The molecule has 4 heterocycles. The van der Waals surface area contributed by atoms with Crippen molar-refractivity contribution in [3.05, 3.63) is 92.1 Å². The standard InChI is InChI=1S/C47H62N10O17/c1-65-42-7-4-37(45-44(42)38(30-51-45)46(59)47(60)54-11-8-48-9-12-54)41-6-3-36(74-41)29-50-43(58)33-73-27-25-71-23-21-69-19-17-67-15-13-55-31-34(52-53-55)32-72-26-24-70-22-20-68-18-16-66-14-10-49-39-5-2-35(56(61)62)28-40(39)57(63)64/h2-7,28,30-31,48-49,51H,8-27,29,32-33H2,1H3,(H,50,58). The fourth-order valence-corrected chi connectivity index (χ4v) is 7.28. The summed E-state index contributed by atoms with van der Waals surface area (Å²) in [7, 11) is 1.50. The van der Waals surface area contributed by atoms with Crippen LogP contribution in [0.1, 0.15) is 21.8 Å². The van der Waals surface area contributed by atoms with E-state index in [4.69, 9.17) is 47.0 Å². The smallest absolute Gasteiger partial charge is 0.299 e. The van der Waals surface area contributed by atoms with Gasteiger partial charge in [-0.25, -0.2) is 4.68 Å². The summed E-state index contributed by atoms with van der Waals surface area (Å²) in [6.07, 6.45) is 3.30. The van der Waals surface area contributed by atoms with E-state index in [1.165, 1.54) is 25.4 Å². The molecule has 0 saturated carbocycles. The summed E-state index contributed by atoms with van der Waals surface area (Å²) in [5.41, 5.74) is 1.56. The van der Waals surface area contributed by atoms with Crippen molar-refractivity contribution in [1.29, 1.82) is 0 Å². The third-order valence-corrected chi connectivity index (χ3v) is 11.0. The maximum Gasteiger partial charge on any atom is 0.299 e. The van der Waals surface area contributed by atoms with Crippen LogP contribution >= 0.6 is 0 Å². The van der Waals surface area contributed by atoms with Gasteiger partial charge in [0.1, 0.15) is 35.3 Å². The summed E-state index contributed by atoms with van der Waals surface area (Å²) in [5, 5.41) is 39.6. The van der Waals surface area contributed by atoms with Crippen molar-refractivity contribution >= 4 is 45.6 Å². The van der Waals surface area contributed by atoms with E-state index in [-0.39, 0.29) is 74.7 Å². The first kappa shape index (κ1) is 56.3. The lowest BCUT2D eigenvalue weighted by atomic mass is 10.0. The number of aromatic amines is 1. The molecule has 402 valence electrons. The number of piperazine rings is 1. The van der Waals surface area contributed by atoms with Crippen LogP contribution in [0.4, 0.5) is 17.1 Å². The van der Waals surface area contributed by atoms with Crippen LogP contribution in [0.3, 0.4) is 0 Å². The number of fused-ring (bicyclic) bond motifs is 1. The Bertz CT molecular complexity index is 2560. The molecule has 0 aliphatic carbocycles. The van der Waals surface area contributed by atoms with Crippen molar-refractivity contribution < 1.29 is 71.3 Å². The average Bonchev–Trinajstić information content (AvgIpc) is 4.20. The Morgan fingerprint density at radius 3 is 2.08 bits per heavy atom. The molecule has 0 radical (unpaired) electrons. The Kier molecular flexibility index (Phi) is 23.6. The molecule has 0 unspecified atom stereocenters. The number of non-ortho nitro benzene ring substituents is 1. The first-order chi connectivity index (χ1) is 36.1. The highest BCUT2D eigenvalue weighted by Gasteiger charge is 2.29. The number of ether oxygens (including phenoxy) is 9. The molecule has 2 amide bonds. The van der Waals surface area contributed by atoms with Gasteiger partial charge < -0.3 is 72.9 Å². The molecule has 1 saturated heterocycles. The van der Waals surface area contributed by atoms with Crippen LogP contribution in [0.15, 0.2) is 59.3 Å². The minimum Gasteiger partial charge on any atom is -0.496 e. The number of rotatable bonds is 37. The van der Waals surface area contributed by atoms with Gasteiger partial charge in [0, 0.05) is 50.6 Å². The van der Waals surface area contributed by atoms with Gasteiger partial charge in [-0.3, -0.25) is 34.6 Å². The van der Waals surface area contributed by atoms with Gasteiger partial charge in [0.05, 0.1) is 158 Å². The number of nitro groups is 2. The van der Waals surface area contributed by atoms with Gasteiger partial charge in [-0.1, -0.05) is 5.21 Å². The van der Waals surface area contributed by atoms with Crippen molar-refractivity contribution in [2.45, 2.75) is 19.7 Å². The zero-order valence-corrected chi connectivity index (χ0v) is 41.1. The average molecular weight is 1040 g/mol. The molecule has 0 bridgehead atoms. The highest BCUT2D eigenvalue weighted by atomic mass is 16.6. The topological polar surface area (TPSA) is 320 Å². The molecule has 74 heavy (non-hydrogen) atoms. The molecule has 0 atom stereocenters. The summed E-state index contributed by atoms with van der Waals surface area (Å²) in [6, 6.07) is 10.4. The number of methoxy groups -OCH3 is 1. The SMILES string of the molecule is COc1ccc(-c2ccc(CNC(=O)COCCOCCOCCOCCn3cc(COCCOCCOCCOCCNc4ccc([N+](=O)[O-])cc4[N+](=O)[O-])nn3)o2)c2[nH]cc(C(=O)C(=O)N3CCNCC3)c12. The minimum atomic E-state index is -0.689. The predicted octanol–water partition coefficient (Wildman–Crippen LogP) is 2.52. The number of furan rings is 1. The molecular weight excluding hydrogens is 977 g/mol. The van der Waals surface area contributed by atoms with Crippen LogP contribution in [0.5, 0.6) is 5.75 Å². The summed E-state index contributed by atoms with van der Waals surface area (Å²) in [5.74, 6) is -0.0523. The van der Waals surface area contributed by atoms with Gasteiger partial charge in [0.15, 0.2) is 0 Å². The lowest BCUT2D eigenvalue weighted by Crippen LogP contribution is -2.48. The van der Waals surface area contributed by atoms with E-state index in [1.807, 2.05) is 0 Å². The molecule has 1 aliphatic heterocycles. The highest BCUT2D eigenvalue weighted by Crippen LogP contribution is 2.37. The Morgan fingerprint density at radius 1 is 0.770 bits per heavy atom. The number of aromatic nitrogens is 4. The predicted molar refractivity (Wildman–Crippen MR) is 262 cm³/mol. The Labute approximate surface area is 424 Å². The Hall–Kier alpha value is -6.95. The number of anilines is 1. The number of nitrogens with zero attached hydrogens (tertiary/aromatic N) is 6. The quantitative estimate of drug-likeness (QED) is 0.0146. The first-order valence-corrected chi connectivity index (χ1v) is 23.9. The number of Topliss-reactive ketones (excluding diaryl/α,β-unsaturated/α-hetero) is 1. The third kappa shape index (κ3) is 17.9. The van der Waals surface area contributed by atoms with Crippen molar-refractivity contribution in [2.24, 2.45) is 0 Å². The second-order valence-corrected chi connectivity index (χ2v) is 16.1. The summed E-state index contributed by atoms with van der Waals surface area (Å²) in [4.78, 5) is 64.2. The Balaban J connectivity index is 0.701. The van der Waals surface area contributed by atoms with Gasteiger partial charge in [-0.15, -0.1) is 5.10 Å². The van der Waals surface area contributed by atoms with Crippen LogP contribution in [-0.2, 0) is 67.2 Å². The molecule has 0 spiro atoms. The van der Waals surface area contributed by atoms with Crippen molar-refractivity contribution in [3.8, 4) is 17.1 Å². The zero-order valence-electron chi connectivity index (χ0n) is 41.1. The molecule has 1 fully saturated rings. The van der Waals surface area contributed by atoms with E-state index in [9.17, 15) is 34.6 Å². The van der Waals surface area contributed by atoms with E-state index in [1.54, 1.807) is 40.0 Å². The second-order valence-electron chi connectivity index (χ2n) is 16.1. The Morgan fingerprint density at radius 2 is 1.42 bits per heavy atom. The van der Waals surface area contributed by atoms with Crippen molar-refractivity contribution in [1.82, 2.24) is 35.5 Å². The number of amides is 2. The van der Waals surface area contributed by atoms with E-state index in [2.05, 4.69) is 31.2 Å². The number of benzene rings is 2. The summed E-state index contributed by atoms with van der Waals surface area (Å²) < 4.78 is 57.4. The fourth-order valence-electron chi connectivity index (χ4n) is 7.28. The van der Waals surface area contributed by atoms with Gasteiger partial charge in [-0.05, 0) is 30.3 Å². The summed E-state index contributed by atoms with van der Waals surface area (Å²) in [6.45, 7) is 7.97. The number of carbonyl (C=O) groups is 3. The van der Waals surface area contributed by atoms with Crippen molar-refractivity contribution in [3.63, 3.8) is 0 Å². The molecule has 1 aliphatic rings. The minimum absolute atomic E-state index is 0.129. The first-order valence-electron chi connectivity index (χ1n) is 23.9. The monoisotopic (exact) mass is 1040 g/mol. The van der Waals surface area contributed by atoms with E-state index >= 15 is 0 Å². The van der Waals surface area contributed by atoms with Gasteiger partial charge >= 0.3 is 0 Å². The largest absolute Gasteiger partial charge is 0.496 e. The lowest BCUT2D eigenvalue weighted by Gasteiger charge is -2.26. The number of H-pyrrole nitrogens is 1. The number of nitrogens with one attached hydrogen (secondary N) is 4. The van der Waals surface area contributed by atoms with E-state index in [0.717, 1.165) is 6.07 Å². The molecule has 27 nitrogen and oxygen atoms in total. The van der Waals surface area contributed by atoms with Crippen molar-refractivity contribution in [2.75, 3.05) is 144 Å². The third-order valence-electron chi connectivity index (χ3n) is 11.0. The number of nitro benzene ring substituents is 2.